The highest BCUT2D eigenvalue weighted by molar-refractivity contribution is 5.54. The molecule has 2 aromatic rings. The van der Waals surface area contributed by atoms with E-state index >= 15 is 0 Å². The quantitative estimate of drug-likeness (QED) is 0.729. The third-order valence-corrected chi connectivity index (χ3v) is 1.90. The van der Waals surface area contributed by atoms with Gasteiger partial charge in [-0.05, 0) is 13.5 Å². The Kier molecular flexibility index (Phi) is 2.28. The molecule has 14 heavy (non-hydrogen) atoms. The van der Waals surface area contributed by atoms with E-state index in [0.29, 0.717) is 24.7 Å². The van der Waals surface area contributed by atoms with E-state index in [0.717, 1.165) is 11.3 Å². The molecule has 0 aliphatic rings. The predicted octanol–water partition coefficient (Wildman–Crippen LogP) is 0.269. The van der Waals surface area contributed by atoms with Gasteiger partial charge in [-0.2, -0.15) is 10.1 Å². The lowest BCUT2D eigenvalue weighted by molar-refractivity contribution is 0.422. The van der Waals surface area contributed by atoms with Crippen molar-refractivity contribution in [1.29, 1.82) is 0 Å². The van der Waals surface area contributed by atoms with E-state index in [1.165, 1.54) is 0 Å². The van der Waals surface area contributed by atoms with Crippen molar-refractivity contribution in [2.24, 2.45) is 5.73 Å². The maximum atomic E-state index is 5.38. The van der Waals surface area contributed by atoms with Crippen LogP contribution in [0.4, 0.5) is 0 Å². The molecular formula is C8H11N5O. The van der Waals surface area contributed by atoms with Gasteiger partial charge >= 0.3 is 0 Å². The van der Waals surface area contributed by atoms with Gasteiger partial charge in [0, 0.05) is 12.1 Å². The Morgan fingerprint density at radius 3 is 3.07 bits per heavy atom. The fraction of sp³-hybridized carbons (Fsp3) is 0.375. The molecule has 0 unspecified atom stereocenters. The average molecular weight is 193 g/mol. The van der Waals surface area contributed by atoms with Crippen LogP contribution in [0.2, 0.25) is 0 Å². The van der Waals surface area contributed by atoms with Crippen molar-refractivity contribution in [2.45, 2.75) is 13.3 Å². The summed E-state index contributed by atoms with van der Waals surface area (Å²) < 4.78 is 5.07. The van der Waals surface area contributed by atoms with Gasteiger partial charge in [0.15, 0.2) is 5.82 Å². The maximum absolute atomic E-state index is 5.38. The first-order chi connectivity index (χ1) is 6.81. The van der Waals surface area contributed by atoms with Crippen LogP contribution in [0.5, 0.6) is 0 Å². The van der Waals surface area contributed by atoms with Crippen molar-refractivity contribution < 1.29 is 4.52 Å². The van der Waals surface area contributed by atoms with Gasteiger partial charge < -0.3 is 10.3 Å². The second-order valence-corrected chi connectivity index (χ2v) is 2.96. The third kappa shape index (κ3) is 1.51. The van der Waals surface area contributed by atoms with Crippen LogP contribution in [-0.2, 0) is 6.42 Å². The van der Waals surface area contributed by atoms with Gasteiger partial charge in [-0.1, -0.05) is 5.16 Å². The molecule has 74 valence electrons. The van der Waals surface area contributed by atoms with E-state index in [1.807, 2.05) is 6.92 Å². The Bertz CT molecular complexity index is 419. The summed E-state index contributed by atoms with van der Waals surface area (Å²) in [6.07, 6.45) is 2.29. The van der Waals surface area contributed by atoms with Crippen LogP contribution in [0.15, 0.2) is 10.7 Å². The molecule has 3 N–H and O–H groups in total. The lowest BCUT2D eigenvalue weighted by Gasteiger charge is -1.87. The third-order valence-electron chi connectivity index (χ3n) is 1.90. The smallest absolute Gasteiger partial charge is 0.261 e. The number of hydrogen-bond donors (Lipinski definition) is 2. The number of nitrogens with two attached hydrogens (primary N) is 1. The number of aromatic nitrogens is 4. The van der Waals surface area contributed by atoms with Crippen LogP contribution in [0.1, 0.15) is 11.5 Å². The Hall–Kier alpha value is -1.69. The summed E-state index contributed by atoms with van der Waals surface area (Å²) in [5, 5.41) is 10.5. The zero-order valence-electron chi connectivity index (χ0n) is 7.82. The summed E-state index contributed by atoms with van der Waals surface area (Å²) in [6, 6.07) is 0. The van der Waals surface area contributed by atoms with Crippen LogP contribution in [-0.4, -0.2) is 26.9 Å². The molecule has 0 bridgehead atoms. The monoisotopic (exact) mass is 193 g/mol. The molecule has 0 aliphatic heterocycles. The normalized spacial score (nSPS) is 10.7. The van der Waals surface area contributed by atoms with Crippen molar-refractivity contribution in [3.05, 3.63) is 17.7 Å². The van der Waals surface area contributed by atoms with Gasteiger partial charge in [0.1, 0.15) is 0 Å². The molecule has 0 amide bonds. The second kappa shape index (κ2) is 3.59. The van der Waals surface area contributed by atoms with Crippen molar-refractivity contribution in [3.63, 3.8) is 0 Å². The minimum Gasteiger partial charge on any atom is -0.334 e. The first kappa shape index (κ1) is 8.89. The number of aromatic amines is 1. The number of hydrogen-bond acceptors (Lipinski definition) is 5. The molecule has 0 saturated carbocycles. The first-order valence-electron chi connectivity index (χ1n) is 4.34. The molecule has 0 fully saturated rings. The molecule has 0 radical (unpaired) electrons. The highest BCUT2D eigenvalue weighted by Gasteiger charge is 2.11. The van der Waals surface area contributed by atoms with Gasteiger partial charge in [-0.3, -0.25) is 5.10 Å². The van der Waals surface area contributed by atoms with Crippen LogP contribution in [0.25, 0.3) is 11.5 Å². The molecule has 0 spiro atoms. The number of nitrogens with zero attached hydrogens (tertiary/aromatic N) is 3. The molecule has 0 aliphatic carbocycles. The zero-order chi connectivity index (χ0) is 9.97. The number of aryl methyl sites for hydroxylation is 1. The molecule has 6 heteroatoms. The second-order valence-electron chi connectivity index (χ2n) is 2.96. The van der Waals surface area contributed by atoms with Gasteiger partial charge in [-0.25, -0.2) is 0 Å². The van der Waals surface area contributed by atoms with Crippen LogP contribution >= 0.6 is 0 Å². The summed E-state index contributed by atoms with van der Waals surface area (Å²) in [7, 11) is 0. The Morgan fingerprint density at radius 1 is 1.57 bits per heavy atom. The molecule has 6 nitrogen and oxygen atoms in total. The first-order valence-corrected chi connectivity index (χ1v) is 4.34. The summed E-state index contributed by atoms with van der Waals surface area (Å²) >= 11 is 0. The van der Waals surface area contributed by atoms with Gasteiger partial charge in [0.2, 0.25) is 0 Å². The molecule has 0 saturated heterocycles. The van der Waals surface area contributed by atoms with Crippen LogP contribution in [0.3, 0.4) is 0 Å². The summed E-state index contributed by atoms with van der Waals surface area (Å²) in [4.78, 5) is 4.19. The minimum absolute atomic E-state index is 0.486. The van der Waals surface area contributed by atoms with Gasteiger partial charge in [0.25, 0.3) is 5.89 Å². The van der Waals surface area contributed by atoms with Crippen molar-refractivity contribution >= 4 is 0 Å². The molecule has 0 atom stereocenters. The fourth-order valence-corrected chi connectivity index (χ4v) is 1.16. The molecular weight excluding hydrogens is 182 g/mol. The topological polar surface area (TPSA) is 93.6 Å². The number of H-pyrrole nitrogens is 1. The predicted molar refractivity (Wildman–Crippen MR) is 49.4 cm³/mol. The maximum Gasteiger partial charge on any atom is 0.261 e. The minimum atomic E-state index is 0.486. The van der Waals surface area contributed by atoms with E-state index in [1.54, 1.807) is 6.20 Å². The zero-order valence-corrected chi connectivity index (χ0v) is 7.82. The van der Waals surface area contributed by atoms with Crippen LogP contribution in [0, 0.1) is 6.92 Å². The molecule has 2 heterocycles. The van der Waals surface area contributed by atoms with Crippen molar-refractivity contribution in [3.8, 4) is 11.5 Å². The number of nitrogens with one attached hydrogen (secondary N) is 1. The highest BCUT2D eigenvalue weighted by atomic mass is 16.5. The Labute approximate surface area is 80.5 Å². The SMILES string of the molecule is Cc1[nH]ncc1-c1nc(CCN)no1. The highest BCUT2D eigenvalue weighted by Crippen LogP contribution is 2.18. The van der Waals surface area contributed by atoms with Crippen molar-refractivity contribution in [1.82, 2.24) is 20.3 Å². The molecule has 2 aromatic heterocycles. The van der Waals surface area contributed by atoms with Gasteiger partial charge in [0.05, 0.1) is 11.8 Å². The molecule has 0 aromatic carbocycles. The van der Waals surface area contributed by atoms with Crippen LogP contribution < -0.4 is 5.73 Å². The van der Waals surface area contributed by atoms with E-state index in [4.69, 9.17) is 10.3 Å². The van der Waals surface area contributed by atoms with E-state index in [2.05, 4.69) is 20.3 Å². The largest absolute Gasteiger partial charge is 0.334 e. The lowest BCUT2D eigenvalue weighted by atomic mass is 10.3. The molecule has 2 rings (SSSR count). The van der Waals surface area contributed by atoms with E-state index < -0.39 is 0 Å². The Morgan fingerprint density at radius 2 is 2.43 bits per heavy atom. The standard InChI is InChI=1S/C8H11N5O/c1-5-6(4-10-12-5)8-11-7(2-3-9)13-14-8/h4H,2-3,9H2,1H3,(H,10,12). The van der Waals surface area contributed by atoms with Crippen molar-refractivity contribution in [2.75, 3.05) is 6.54 Å². The fourth-order valence-electron chi connectivity index (χ4n) is 1.16. The van der Waals surface area contributed by atoms with Gasteiger partial charge in [-0.15, -0.1) is 0 Å². The summed E-state index contributed by atoms with van der Waals surface area (Å²) in [6.45, 7) is 2.42. The Balaban J connectivity index is 2.29. The summed E-state index contributed by atoms with van der Waals surface area (Å²) in [5.41, 5.74) is 7.12. The van der Waals surface area contributed by atoms with E-state index in [-0.39, 0.29) is 0 Å². The van der Waals surface area contributed by atoms with E-state index in [9.17, 15) is 0 Å². The number of rotatable bonds is 3. The lowest BCUT2D eigenvalue weighted by Crippen LogP contribution is -2.03. The summed E-state index contributed by atoms with van der Waals surface area (Å²) in [5.74, 6) is 1.11. The average Bonchev–Trinajstić information content (AvgIpc) is 2.74.